The standard InChI is InChI=1S/C27H36N4O4S2/c1-4-29(5-2)19-20-31(27-28-25-23(35-3)11-10-12-24(25)36-27)26(32)21-13-15-22(16-14-21)37(33,34)30-17-8-6-7-9-18-30/h10-16H,4-9,17-20H2,1-3H3. The second-order valence-electron chi connectivity index (χ2n) is 9.13. The summed E-state index contributed by atoms with van der Waals surface area (Å²) in [7, 11) is -1.97. The van der Waals surface area contributed by atoms with Crippen molar-refractivity contribution in [3.63, 3.8) is 0 Å². The predicted molar refractivity (Wildman–Crippen MR) is 149 cm³/mol. The number of aromatic nitrogens is 1. The van der Waals surface area contributed by atoms with Crippen molar-refractivity contribution in [2.24, 2.45) is 0 Å². The highest BCUT2D eigenvalue weighted by Gasteiger charge is 2.27. The number of carbonyl (C=O) groups excluding carboxylic acids is 1. The SMILES string of the molecule is CCN(CC)CCN(C(=O)c1ccc(S(=O)(=O)N2CCCCCC2)cc1)c1nc2c(OC)cccc2s1. The molecule has 1 aromatic heterocycles. The third kappa shape index (κ3) is 6.14. The Morgan fingerprint density at radius 3 is 2.30 bits per heavy atom. The molecule has 0 spiro atoms. The number of anilines is 1. The predicted octanol–water partition coefficient (Wildman–Crippen LogP) is 4.86. The summed E-state index contributed by atoms with van der Waals surface area (Å²) >= 11 is 1.45. The fourth-order valence-corrected chi connectivity index (χ4v) is 7.14. The molecule has 2 heterocycles. The third-order valence-corrected chi connectivity index (χ3v) is 9.86. The number of fused-ring (bicyclic) bond motifs is 1. The van der Waals surface area contributed by atoms with Gasteiger partial charge >= 0.3 is 0 Å². The van der Waals surface area contributed by atoms with E-state index in [4.69, 9.17) is 9.72 Å². The summed E-state index contributed by atoms with van der Waals surface area (Å²) < 4.78 is 34.4. The number of ether oxygens (including phenoxy) is 1. The fraction of sp³-hybridized carbons (Fsp3) is 0.481. The number of para-hydroxylation sites is 1. The van der Waals surface area contributed by atoms with Crippen LogP contribution >= 0.6 is 11.3 Å². The molecule has 0 unspecified atom stereocenters. The quantitative estimate of drug-likeness (QED) is 0.363. The summed E-state index contributed by atoms with van der Waals surface area (Å²) in [6.45, 7) is 8.23. The summed E-state index contributed by atoms with van der Waals surface area (Å²) in [6, 6.07) is 12.1. The Morgan fingerprint density at radius 2 is 1.68 bits per heavy atom. The molecule has 1 aliphatic heterocycles. The van der Waals surface area contributed by atoms with Gasteiger partial charge in [0.15, 0.2) is 5.13 Å². The van der Waals surface area contributed by atoms with Crippen LogP contribution in [-0.2, 0) is 10.0 Å². The molecule has 4 rings (SSSR count). The maximum atomic E-state index is 13.8. The maximum absolute atomic E-state index is 13.8. The molecule has 0 saturated carbocycles. The number of rotatable bonds is 10. The van der Waals surface area contributed by atoms with Crippen LogP contribution < -0.4 is 9.64 Å². The van der Waals surface area contributed by atoms with E-state index in [2.05, 4.69) is 18.7 Å². The van der Waals surface area contributed by atoms with Gasteiger partial charge in [0.1, 0.15) is 11.3 Å². The Labute approximate surface area is 223 Å². The lowest BCUT2D eigenvalue weighted by Gasteiger charge is -2.25. The molecule has 3 aromatic rings. The van der Waals surface area contributed by atoms with Gasteiger partial charge in [0.25, 0.3) is 5.91 Å². The zero-order valence-corrected chi connectivity index (χ0v) is 23.5. The lowest BCUT2D eigenvalue weighted by molar-refractivity contribution is 0.0983. The molecule has 1 aliphatic rings. The van der Waals surface area contributed by atoms with Crippen LogP contribution in [0.4, 0.5) is 5.13 Å². The van der Waals surface area contributed by atoms with E-state index in [0.29, 0.717) is 42.6 Å². The molecule has 37 heavy (non-hydrogen) atoms. The summed E-state index contributed by atoms with van der Waals surface area (Å²) in [5.74, 6) is 0.461. The van der Waals surface area contributed by atoms with Crippen LogP contribution in [0.15, 0.2) is 47.4 Å². The van der Waals surface area contributed by atoms with E-state index >= 15 is 0 Å². The largest absolute Gasteiger partial charge is 0.494 e. The van der Waals surface area contributed by atoms with Crippen LogP contribution in [0.25, 0.3) is 10.2 Å². The lowest BCUT2D eigenvalue weighted by atomic mass is 10.2. The highest BCUT2D eigenvalue weighted by atomic mass is 32.2. The van der Waals surface area contributed by atoms with Gasteiger partial charge in [-0.3, -0.25) is 9.69 Å². The molecule has 2 aromatic carbocycles. The normalized spacial score (nSPS) is 15.1. The zero-order chi connectivity index (χ0) is 26.4. The number of benzene rings is 2. The monoisotopic (exact) mass is 544 g/mol. The minimum absolute atomic E-state index is 0.205. The summed E-state index contributed by atoms with van der Waals surface area (Å²) in [5, 5.41) is 0.595. The number of amides is 1. The van der Waals surface area contributed by atoms with Gasteiger partial charge < -0.3 is 9.64 Å². The average molecular weight is 545 g/mol. The number of nitrogens with zero attached hydrogens (tertiary/aromatic N) is 4. The molecule has 0 radical (unpaired) electrons. The van der Waals surface area contributed by atoms with Gasteiger partial charge in [0, 0.05) is 31.7 Å². The molecule has 200 valence electrons. The lowest BCUT2D eigenvalue weighted by Crippen LogP contribution is -2.39. The van der Waals surface area contributed by atoms with Crippen molar-refractivity contribution in [3.05, 3.63) is 48.0 Å². The van der Waals surface area contributed by atoms with Crippen LogP contribution in [0.2, 0.25) is 0 Å². The Kier molecular flexibility index (Phi) is 9.17. The van der Waals surface area contributed by atoms with Gasteiger partial charge in [-0.1, -0.05) is 44.1 Å². The van der Waals surface area contributed by atoms with Crippen molar-refractivity contribution < 1.29 is 17.9 Å². The molecule has 0 bridgehead atoms. The van der Waals surface area contributed by atoms with Crippen LogP contribution in [0.3, 0.4) is 0 Å². The van der Waals surface area contributed by atoms with Crippen LogP contribution in [0.1, 0.15) is 49.9 Å². The Bertz CT molecular complexity index is 1300. The van der Waals surface area contributed by atoms with Gasteiger partial charge in [-0.15, -0.1) is 0 Å². The van der Waals surface area contributed by atoms with Crippen LogP contribution in [0.5, 0.6) is 5.75 Å². The fourth-order valence-electron chi connectivity index (χ4n) is 4.61. The molecule has 0 atom stereocenters. The third-order valence-electron chi connectivity index (χ3n) is 6.90. The van der Waals surface area contributed by atoms with E-state index in [0.717, 1.165) is 49.0 Å². The van der Waals surface area contributed by atoms with Crippen LogP contribution in [-0.4, -0.2) is 74.9 Å². The first-order chi connectivity index (χ1) is 17.9. The van der Waals surface area contributed by atoms with E-state index in [9.17, 15) is 13.2 Å². The second-order valence-corrected chi connectivity index (χ2v) is 12.1. The van der Waals surface area contributed by atoms with E-state index in [1.54, 1.807) is 40.6 Å². The summed E-state index contributed by atoms with van der Waals surface area (Å²) in [5.41, 5.74) is 1.16. The molecule has 0 aliphatic carbocycles. The van der Waals surface area contributed by atoms with Crippen molar-refractivity contribution in [2.75, 3.05) is 51.3 Å². The van der Waals surface area contributed by atoms with E-state index in [1.165, 1.54) is 11.3 Å². The Hall–Kier alpha value is -2.53. The minimum Gasteiger partial charge on any atom is -0.494 e. The number of methoxy groups -OCH3 is 1. The molecule has 1 fully saturated rings. The summed E-state index contributed by atoms with van der Waals surface area (Å²) in [4.78, 5) is 22.7. The number of hydrogen-bond acceptors (Lipinski definition) is 7. The second kappa shape index (κ2) is 12.3. The average Bonchev–Trinajstić information content (AvgIpc) is 3.15. The van der Waals surface area contributed by atoms with E-state index < -0.39 is 10.0 Å². The molecular formula is C27H36N4O4S2. The highest BCUT2D eigenvalue weighted by molar-refractivity contribution is 7.89. The van der Waals surface area contributed by atoms with Gasteiger partial charge in [-0.25, -0.2) is 13.4 Å². The molecule has 1 amide bonds. The minimum atomic E-state index is -3.58. The van der Waals surface area contributed by atoms with Crippen molar-refractivity contribution in [2.45, 2.75) is 44.4 Å². The molecule has 0 N–H and O–H groups in total. The Morgan fingerprint density at radius 1 is 1.00 bits per heavy atom. The molecule has 8 nitrogen and oxygen atoms in total. The molecule has 10 heteroatoms. The highest BCUT2D eigenvalue weighted by Crippen LogP contribution is 2.34. The number of carbonyl (C=O) groups is 1. The van der Waals surface area contributed by atoms with Crippen molar-refractivity contribution in [1.29, 1.82) is 0 Å². The van der Waals surface area contributed by atoms with Crippen molar-refractivity contribution >= 4 is 42.6 Å². The molecule has 1 saturated heterocycles. The Balaban J connectivity index is 1.63. The first-order valence-electron chi connectivity index (χ1n) is 13.0. The van der Waals surface area contributed by atoms with Crippen molar-refractivity contribution in [1.82, 2.24) is 14.2 Å². The first kappa shape index (κ1) is 27.5. The number of hydrogen-bond donors (Lipinski definition) is 0. The van der Waals surface area contributed by atoms with Gasteiger partial charge in [-0.2, -0.15) is 4.31 Å². The topological polar surface area (TPSA) is 83.1 Å². The van der Waals surface area contributed by atoms with E-state index in [1.807, 2.05) is 18.2 Å². The first-order valence-corrected chi connectivity index (χ1v) is 15.2. The van der Waals surface area contributed by atoms with E-state index in [-0.39, 0.29) is 10.8 Å². The van der Waals surface area contributed by atoms with Crippen LogP contribution in [0, 0.1) is 0 Å². The number of thiazole rings is 1. The van der Waals surface area contributed by atoms with Gasteiger partial charge in [-0.05, 0) is 62.3 Å². The summed E-state index contributed by atoms with van der Waals surface area (Å²) in [6.07, 6.45) is 3.87. The maximum Gasteiger partial charge on any atom is 0.260 e. The van der Waals surface area contributed by atoms with Gasteiger partial charge in [0.2, 0.25) is 10.0 Å². The van der Waals surface area contributed by atoms with Crippen molar-refractivity contribution in [3.8, 4) is 5.75 Å². The number of sulfonamides is 1. The zero-order valence-electron chi connectivity index (χ0n) is 21.9. The van der Waals surface area contributed by atoms with Gasteiger partial charge in [0.05, 0.1) is 16.7 Å². The molecular weight excluding hydrogens is 508 g/mol. The number of likely N-dealkylation sites (N-methyl/N-ethyl adjacent to an activating group) is 1. The smallest absolute Gasteiger partial charge is 0.260 e.